The molecule has 36 heavy (non-hydrogen) atoms. The molecule has 202 valence electrons. The van der Waals surface area contributed by atoms with Crippen LogP contribution >= 0.6 is 11.6 Å². The summed E-state index contributed by atoms with van der Waals surface area (Å²) in [6.07, 6.45) is 8.40. The Labute approximate surface area is 219 Å². The van der Waals surface area contributed by atoms with E-state index in [4.69, 9.17) is 16.3 Å². The first kappa shape index (κ1) is 28.7. The zero-order valence-corrected chi connectivity index (χ0v) is 22.4. The van der Waals surface area contributed by atoms with Gasteiger partial charge in [0.15, 0.2) is 0 Å². The molecule has 3 atom stereocenters. The Kier molecular flexibility index (Phi) is 11.7. The molecular weight excluding hydrogens is 483 g/mol. The molecule has 1 saturated heterocycles. The molecule has 1 aliphatic carbocycles. The molecule has 1 aromatic rings. The minimum Gasteiger partial charge on any atom is -0.371 e. The Morgan fingerprint density at radius 3 is 2.69 bits per heavy atom. The maximum atomic E-state index is 15.0. The fourth-order valence-corrected chi connectivity index (χ4v) is 5.79. The fraction of sp³-hybridized carbons (Fsp3) is 0.704. The molecule has 1 saturated carbocycles. The lowest BCUT2D eigenvalue weighted by Crippen LogP contribution is -2.52. The van der Waals surface area contributed by atoms with Crippen LogP contribution in [0, 0.1) is 17.7 Å². The second-order valence-electron chi connectivity index (χ2n) is 10.2. The van der Waals surface area contributed by atoms with E-state index in [2.05, 4.69) is 16.0 Å². The van der Waals surface area contributed by atoms with Crippen LogP contribution in [0.25, 0.3) is 0 Å². The quantitative estimate of drug-likeness (QED) is 0.368. The van der Waals surface area contributed by atoms with Crippen LogP contribution in [0.15, 0.2) is 18.2 Å². The molecule has 0 bridgehead atoms. The average molecular weight is 525 g/mol. The predicted molar refractivity (Wildman–Crippen MR) is 141 cm³/mol. The van der Waals surface area contributed by atoms with Crippen LogP contribution in [0.3, 0.4) is 0 Å². The number of likely N-dealkylation sites (N-methyl/N-ethyl adjacent to an activating group) is 1. The summed E-state index contributed by atoms with van der Waals surface area (Å²) in [5.74, 6) is -0.0598. The Morgan fingerprint density at radius 1 is 1.19 bits per heavy atom. The Balaban J connectivity index is 1.66. The first-order chi connectivity index (χ1) is 17.4. The predicted octanol–water partition coefficient (Wildman–Crippen LogP) is 4.65. The minimum absolute atomic E-state index is 0.0472. The molecule has 3 amide bonds. The van der Waals surface area contributed by atoms with E-state index in [9.17, 15) is 14.0 Å². The van der Waals surface area contributed by atoms with Crippen molar-refractivity contribution in [3.05, 3.63) is 34.6 Å². The van der Waals surface area contributed by atoms with Gasteiger partial charge >= 0.3 is 6.03 Å². The van der Waals surface area contributed by atoms with E-state index in [1.54, 1.807) is 12.1 Å². The molecule has 0 radical (unpaired) electrons. The highest BCUT2D eigenvalue weighted by Gasteiger charge is 2.33. The zero-order valence-electron chi connectivity index (χ0n) is 21.7. The van der Waals surface area contributed by atoms with Crippen molar-refractivity contribution in [2.45, 2.75) is 70.4 Å². The lowest BCUT2D eigenvalue weighted by atomic mass is 9.85. The molecule has 7 nitrogen and oxygen atoms in total. The monoisotopic (exact) mass is 524 g/mol. The van der Waals surface area contributed by atoms with Gasteiger partial charge in [-0.1, -0.05) is 55.8 Å². The molecule has 1 heterocycles. The Hall–Kier alpha value is -1.90. The molecule has 9 heteroatoms. The van der Waals surface area contributed by atoms with Gasteiger partial charge in [0.2, 0.25) is 5.91 Å². The number of halogens is 2. The number of ether oxygens (including phenoxy) is 1. The number of hydrogen-bond donors (Lipinski definition) is 3. The number of hydrogen-bond acceptors (Lipinski definition) is 4. The molecule has 1 aromatic carbocycles. The summed E-state index contributed by atoms with van der Waals surface area (Å²) in [7, 11) is 1.92. The normalized spacial score (nSPS) is 20.6. The van der Waals surface area contributed by atoms with E-state index in [0.29, 0.717) is 31.1 Å². The molecule has 3 rings (SSSR count). The van der Waals surface area contributed by atoms with E-state index in [-0.39, 0.29) is 35.5 Å². The highest BCUT2D eigenvalue weighted by Crippen LogP contribution is 2.36. The van der Waals surface area contributed by atoms with Crippen LogP contribution < -0.4 is 16.0 Å². The molecule has 3 N–H and O–H groups in total. The van der Waals surface area contributed by atoms with Gasteiger partial charge in [-0.15, -0.1) is 0 Å². The lowest BCUT2D eigenvalue weighted by molar-refractivity contribution is -0.119. The van der Waals surface area contributed by atoms with Crippen molar-refractivity contribution in [2.75, 3.05) is 39.8 Å². The topological polar surface area (TPSA) is 82.7 Å². The number of carbonyl (C=O) groups is 2. The number of piperidine rings is 1. The molecule has 2 aliphatic rings. The summed E-state index contributed by atoms with van der Waals surface area (Å²) in [5, 5.41) is 9.24. The van der Waals surface area contributed by atoms with Gasteiger partial charge in [0.05, 0.1) is 17.7 Å². The second kappa shape index (κ2) is 14.7. The molecular formula is C27H42ClFN4O3. The number of nitrogens with zero attached hydrogens (tertiary/aromatic N) is 1. The van der Waals surface area contributed by atoms with Gasteiger partial charge in [0.25, 0.3) is 0 Å². The summed E-state index contributed by atoms with van der Waals surface area (Å²) in [4.78, 5) is 26.4. The van der Waals surface area contributed by atoms with Crippen molar-refractivity contribution in [2.24, 2.45) is 11.8 Å². The molecule has 0 aromatic heterocycles. The van der Waals surface area contributed by atoms with Crippen LogP contribution in [-0.2, 0) is 9.53 Å². The highest BCUT2D eigenvalue weighted by atomic mass is 35.5. The van der Waals surface area contributed by atoms with Gasteiger partial charge in [-0.3, -0.25) is 4.79 Å². The average Bonchev–Trinajstić information content (AvgIpc) is 2.87. The van der Waals surface area contributed by atoms with Crippen LogP contribution in [0.4, 0.5) is 9.18 Å². The summed E-state index contributed by atoms with van der Waals surface area (Å²) < 4.78 is 21.1. The van der Waals surface area contributed by atoms with Crippen molar-refractivity contribution in [1.82, 2.24) is 20.9 Å². The van der Waals surface area contributed by atoms with E-state index in [1.165, 1.54) is 45.1 Å². The van der Waals surface area contributed by atoms with Gasteiger partial charge in [-0.2, -0.15) is 0 Å². The summed E-state index contributed by atoms with van der Waals surface area (Å²) >= 11 is 6.08. The molecule has 2 unspecified atom stereocenters. The molecule has 2 fully saturated rings. The number of urea groups is 1. The Morgan fingerprint density at radius 2 is 1.97 bits per heavy atom. The maximum absolute atomic E-state index is 15.0. The highest BCUT2D eigenvalue weighted by molar-refractivity contribution is 6.30. The van der Waals surface area contributed by atoms with Gasteiger partial charge < -0.3 is 25.6 Å². The summed E-state index contributed by atoms with van der Waals surface area (Å²) in [5.41, 5.74) is 0.392. The SMILES string of the molecule is CNCC(CC1CCCCC1)NC(=O)N1CCCC([C@H](OCCNC(C)=O)c2cccc(Cl)c2F)C1. The third-order valence-corrected chi connectivity index (χ3v) is 7.65. The number of amides is 3. The van der Waals surface area contributed by atoms with Crippen molar-refractivity contribution < 1.29 is 18.7 Å². The number of carbonyl (C=O) groups excluding carboxylic acids is 2. The number of rotatable bonds is 11. The van der Waals surface area contributed by atoms with Crippen LogP contribution in [-0.4, -0.2) is 62.7 Å². The van der Waals surface area contributed by atoms with E-state index in [1.807, 2.05) is 11.9 Å². The largest absolute Gasteiger partial charge is 0.371 e. The van der Waals surface area contributed by atoms with Gasteiger partial charge in [-0.25, -0.2) is 9.18 Å². The zero-order chi connectivity index (χ0) is 25.9. The van der Waals surface area contributed by atoms with Gasteiger partial charge in [-0.05, 0) is 38.3 Å². The van der Waals surface area contributed by atoms with Crippen LogP contribution in [0.1, 0.15) is 70.0 Å². The van der Waals surface area contributed by atoms with E-state index < -0.39 is 11.9 Å². The lowest BCUT2D eigenvalue weighted by Gasteiger charge is -2.38. The second-order valence-corrected chi connectivity index (χ2v) is 10.6. The van der Waals surface area contributed by atoms with Crippen LogP contribution in [0.5, 0.6) is 0 Å². The third kappa shape index (κ3) is 8.60. The number of nitrogens with one attached hydrogen (secondary N) is 3. The standard InChI is InChI=1S/C27H42ClFN4O3/c1-19(34)31-13-15-36-26(23-11-6-12-24(28)25(23)29)21-10-7-14-33(18-21)27(35)32-22(17-30-2)16-20-8-4-3-5-9-20/h6,11-12,20-22,26,30H,3-5,7-10,13-18H2,1-2H3,(H,31,34)(H,32,35)/t21?,22?,26-/m0/s1. The van der Waals surface area contributed by atoms with Crippen molar-refractivity contribution in [1.29, 1.82) is 0 Å². The first-order valence-corrected chi connectivity index (χ1v) is 13.8. The fourth-order valence-electron chi connectivity index (χ4n) is 5.61. The molecule has 1 aliphatic heterocycles. The maximum Gasteiger partial charge on any atom is 0.317 e. The Bertz CT molecular complexity index is 852. The summed E-state index contributed by atoms with van der Waals surface area (Å²) in [6.45, 7) is 3.89. The third-order valence-electron chi connectivity index (χ3n) is 7.36. The van der Waals surface area contributed by atoms with E-state index in [0.717, 1.165) is 25.8 Å². The number of likely N-dealkylation sites (tertiary alicyclic amines) is 1. The summed E-state index contributed by atoms with van der Waals surface area (Å²) in [6, 6.07) is 4.94. The molecule has 0 spiro atoms. The van der Waals surface area contributed by atoms with Crippen molar-refractivity contribution in [3.63, 3.8) is 0 Å². The van der Waals surface area contributed by atoms with Crippen LogP contribution in [0.2, 0.25) is 5.02 Å². The number of benzene rings is 1. The minimum atomic E-state index is -0.566. The van der Waals surface area contributed by atoms with Crippen molar-refractivity contribution >= 4 is 23.5 Å². The smallest absolute Gasteiger partial charge is 0.317 e. The van der Waals surface area contributed by atoms with Gasteiger partial charge in [0, 0.05) is 50.6 Å². The van der Waals surface area contributed by atoms with Gasteiger partial charge in [0.1, 0.15) is 5.82 Å². The first-order valence-electron chi connectivity index (χ1n) is 13.4. The van der Waals surface area contributed by atoms with Crippen molar-refractivity contribution in [3.8, 4) is 0 Å². The van der Waals surface area contributed by atoms with E-state index >= 15 is 0 Å².